The summed E-state index contributed by atoms with van der Waals surface area (Å²) in [6, 6.07) is 0. The maximum Gasteiger partial charge on any atom is -0.0346 e. The molecule has 0 spiro atoms. The molecule has 0 aromatic rings. The van der Waals surface area contributed by atoms with Crippen molar-refractivity contribution >= 4 is 0 Å². The summed E-state index contributed by atoms with van der Waals surface area (Å²) in [6.07, 6.45) is 6.99. The highest BCUT2D eigenvalue weighted by molar-refractivity contribution is 5.24. The Morgan fingerprint density at radius 2 is 2.00 bits per heavy atom. The van der Waals surface area contributed by atoms with Crippen LogP contribution in [0.3, 0.4) is 0 Å². The lowest BCUT2D eigenvalue weighted by Crippen LogP contribution is -1.76. The minimum absolute atomic E-state index is 1.13. The van der Waals surface area contributed by atoms with Crippen LogP contribution in [0.1, 0.15) is 27.2 Å². The number of hydrogen-bond acceptors (Lipinski definition) is 0. The van der Waals surface area contributed by atoms with E-state index in [1.54, 1.807) is 6.08 Å². The van der Waals surface area contributed by atoms with E-state index in [-0.39, 0.29) is 0 Å². The average molecular weight is 136 g/mol. The summed E-state index contributed by atoms with van der Waals surface area (Å²) in [5.74, 6) is 0. The van der Waals surface area contributed by atoms with Gasteiger partial charge in [-0.15, -0.1) is 0 Å². The van der Waals surface area contributed by atoms with Crippen molar-refractivity contribution in [3.8, 4) is 0 Å². The third-order valence-electron chi connectivity index (χ3n) is 1.69. The lowest BCUT2D eigenvalue weighted by atomic mass is 10.1. The summed E-state index contributed by atoms with van der Waals surface area (Å²) in [6.45, 7) is 10.1. The molecule has 0 aliphatic heterocycles. The Morgan fingerprint density at radius 1 is 1.40 bits per heavy atom. The maximum atomic E-state index is 3.61. The summed E-state index contributed by atoms with van der Waals surface area (Å²) < 4.78 is 0. The Labute approximate surface area is 64.0 Å². The van der Waals surface area contributed by atoms with Gasteiger partial charge < -0.3 is 0 Å². The van der Waals surface area contributed by atoms with Gasteiger partial charge in [-0.1, -0.05) is 42.9 Å². The Hall–Kier alpha value is -0.780. The molecule has 0 aliphatic carbocycles. The van der Waals surface area contributed by atoms with Crippen molar-refractivity contribution < 1.29 is 0 Å². The minimum atomic E-state index is 1.13. The zero-order valence-electron chi connectivity index (χ0n) is 7.15. The first-order chi connectivity index (χ1) is 4.72. The van der Waals surface area contributed by atoms with Gasteiger partial charge in [-0.3, -0.25) is 0 Å². The van der Waals surface area contributed by atoms with Gasteiger partial charge in [0.1, 0.15) is 0 Å². The first kappa shape index (κ1) is 9.22. The van der Waals surface area contributed by atoms with Gasteiger partial charge in [0.25, 0.3) is 0 Å². The van der Waals surface area contributed by atoms with Crippen LogP contribution in [0, 0.1) is 0 Å². The Morgan fingerprint density at radius 3 is 2.40 bits per heavy atom. The van der Waals surface area contributed by atoms with Crippen LogP contribution >= 0.6 is 0 Å². The van der Waals surface area contributed by atoms with E-state index in [9.17, 15) is 0 Å². The molecule has 10 heavy (non-hydrogen) atoms. The van der Waals surface area contributed by atoms with E-state index in [1.165, 1.54) is 11.1 Å². The van der Waals surface area contributed by atoms with Crippen LogP contribution in [0.4, 0.5) is 0 Å². The molecule has 0 N–H and O–H groups in total. The van der Waals surface area contributed by atoms with Crippen LogP contribution in [0.25, 0.3) is 0 Å². The molecule has 0 aliphatic rings. The predicted octanol–water partition coefficient (Wildman–Crippen LogP) is 3.48. The monoisotopic (exact) mass is 136 g/mol. The van der Waals surface area contributed by atoms with Crippen LogP contribution in [0.5, 0.6) is 0 Å². The van der Waals surface area contributed by atoms with Crippen molar-refractivity contribution in [3.05, 3.63) is 36.0 Å². The van der Waals surface area contributed by atoms with Crippen LogP contribution in [0.15, 0.2) is 36.0 Å². The van der Waals surface area contributed by atoms with Crippen LogP contribution in [-0.2, 0) is 0 Å². The average Bonchev–Trinajstić information content (AvgIpc) is 1.98. The van der Waals surface area contributed by atoms with Gasteiger partial charge in [0.05, 0.1) is 0 Å². The fourth-order valence-electron chi connectivity index (χ4n) is 0.633. The summed E-state index contributed by atoms with van der Waals surface area (Å²) in [4.78, 5) is 0. The molecule has 56 valence electrons. The van der Waals surface area contributed by atoms with Crippen molar-refractivity contribution in [2.24, 2.45) is 0 Å². The molecule has 0 atom stereocenters. The first-order valence-electron chi connectivity index (χ1n) is 3.67. The van der Waals surface area contributed by atoms with Crippen molar-refractivity contribution in [1.29, 1.82) is 0 Å². The smallest absolute Gasteiger partial charge is 0.0346 e. The zero-order chi connectivity index (χ0) is 7.98. The van der Waals surface area contributed by atoms with E-state index in [0.29, 0.717) is 0 Å². The van der Waals surface area contributed by atoms with E-state index in [2.05, 4.69) is 33.4 Å². The molecule has 0 aromatic heterocycles. The third-order valence-corrected chi connectivity index (χ3v) is 1.69. The minimum Gasteiger partial charge on any atom is -0.0991 e. The molecule has 0 rings (SSSR count). The van der Waals surface area contributed by atoms with Gasteiger partial charge in [-0.2, -0.15) is 0 Å². The molecule has 0 aromatic carbocycles. The topological polar surface area (TPSA) is 0 Å². The summed E-state index contributed by atoms with van der Waals surface area (Å²) in [5, 5.41) is 0. The van der Waals surface area contributed by atoms with E-state index in [0.717, 1.165) is 6.42 Å². The zero-order valence-corrected chi connectivity index (χ0v) is 7.15. The lowest BCUT2D eigenvalue weighted by Gasteiger charge is -1.97. The highest BCUT2D eigenvalue weighted by Gasteiger charge is 1.86. The SMILES string of the molecule is C=C/C=C\C(C)=C(/C)CC. The molecular formula is C10H16. The standard InChI is InChI=1S/C10H16/c1-5-7-8-10(4)9(3)6-2/h5,7-8H,1,6H2,2-4H3/b8-7-,10-9+. The van der Waals surface area contributed by atoms with Crippen molar-refractivity contribution in [2.75, 3.05) is 0 Å². The van der Waals surface area contributed by atoms with E-state index in [1.807, 2.05) is 6.08 Å². The van der Waals surface area contributed by atoms with E-state index >= 15 is 0 Å². The van der Waals surface area contributed by atoms with Gasteiger partial charge in [0.2, 0.25) is 0 Å². The fourth-order valence-corrected chi connectivity index (χ4v) is 0.633. The lowest BCUT2D eigenvalue weighted by molar-refractivity contribution is 1.07. The quantitative estimate of drug-likeness (QED) is 0.521. The first-order valence-corrected chi connectivity index (χ1v) is 3.67. The number of hydrogen-bond donors (Lipinski definition) is 0. The van der Waals surface area contributed by atoms with Gasteiger partial charge >= 0.3 is 0 Å². The normalized spacial score (nSPS) is 13.5. The molecule has 0 heteroatoms. The molecule has 0 nitrogen and oxygen atoms in total. The highest BCUT2D eigenvalue weighted by Crippen LogP contribution is 2.07. The summed E-state index contributed by atoms with van der Waals surface area (Å²) in [5.41, 5.74) is 2.79. The molecule has 0 unspecified atom stereocenters. The van der Waals surface area contributed by atoms with E-state index in [4.69, 9.17) is 0 Å². The molecule has 0 saturated carbocycles. The van der Waals surface area contributed by atoms with Crippen LogP contribution in [0.2, 0.25) is 0 Å². The van der Waals surface area contributed by atoms with Crippen molar-refractivity contribution in [3.63, 3.8) is 0 Å². The Balaban J connectivity index is 4.17. The van der Waals surface area contributed by atoms with Gasteiger partial charge in [-0.25, -0.2) is 0 Å². The second kappa shape index (κ2) is 5.04. The van der Waals surface area contributed by atoms with Gasteiger partial charge in [0.15, 0.2) is 0 Å². The molecule has 0 fully saturated rings. The molecule has 0 radical (unpaired) electrons. The van der Waals surface area contributed by atoms with Gasteiger partial charge in [-0.05, 0) is 20.3 Å². The second-order valence-electron chi connectivity index (χ2n) is 2.41. The largest absolute Gasteiger partial charge is 0.0991 e. The molecule has 0 amide bonds. The van der Waals surface area contributed by atoms with Crippen molar-refractivity contribution in [2.45, 2.75) is 27.2 Å². The molecule has 0 bridgehead atoms. The van der Waals surface area contributed by atoms with Crippen LogP contribution < -0.4 is 0 Å². The third kappa shape index (κ3) is 3.29. The predicted molar refractivity (Wildman–Crippen MR) is 48.0 cm³/mol. The molecule has 0 saturated heterocycles. The van der Waals surface area contributed by atoms with Crippen LogP contribution in [-0.4, -0.2) is 0 Å². The van der Waals surface area contributed by atoms with Gasteiger partial charge in [0, 0.05) is 0 Å². The van der Waals surface area contributed by atoms with Crippen molar-refractivity contribution in [1.82, 2.24) is 0 Å². The molecule has 0 heterocycles. The number of rotatable bonds is 3. The highest BCUT2D eigenvalue weighted by atomic mass is 13.9. The Bertz CT molecular complexity index is 159. The summed E-state index contributed by atoms with van der Waals surface area (Å²) >= 11 is 0. The summed E-state index contributed by atoms with van der Waals surface area (Å²) in [7, 11) is 0. The Kier molecular flexibility index (Phi) is 4.65. The number of allylic oxidation sites excluding steroid dienone is 5. The molecular weight excluding hydrogens is 120 g/mol. The van der Waals surface area contributed by atoms with E-state index < -0.39 is 0 Å². The fraction of sp³-hybridized carbons (Fsp3) is 0.400. The maximum absolute atomic E-state index is 3.61. The second-order valence-corrected chi connectivity index (χ2v) is 2.41.